The molecule has 6 N–H and O–H groups in total. The van der Waals surface area contributed by atoms with Gasteiger partial charge in [0.25, 0.3) is 0 Å². The molecule has 1 aliphatic rings. The van der Waals surface area contributed by atoms with Crippen LogP contribution in [0.2, 0.25) is 0 Å². The number of nitrogens with one attached hydrogen (secondary N) is 1. The van der Waals surface area contributed by atoms with Crippen molar-refractivity contribution in [2.75, 3.05) is 19.8 Å². The first-order valence-electron chi connectivity index (χ1n) is 34.2. The predicted octanol–water partition coefficient (Wildman–Crippen LogP) is 17.1. The minimum atomic E-state index is -1.58. The van der Waals surface area contributed by atoms with Crippen LogP contribution in [0.15, 0.2) is 72.9 Å². The van der Waals surface area contributed by atoms with Crippen molar-refractivity contribution in [3.05, 3.63) is 72.9 Å². The van der Waals surface area contributed by atoms with E-state index in [1.807, 2.05) is 6.08 Å². The molecule has 11 nitrogen and oxygen atoms in total. The summed E-state index contributed by atoms with van der Waals surface area (Å²) in [5, 5.41) is 54.5. The summed E-state index contributed by atoms with van der Waals surface area (Å²) in [5.74, 6) is -0.207. The first kappa shape index (κ1) is 77.1. The van der Waals surface area contributed by atoms with Gasteiger partial charge in [-0.05, 0) is 109 Å². The van der Waals surface area contributed by atoms with Gasteiger partial charge in [0.05, 0.1) is 32.0 Å². The molecule has 1 amide bonds. The third kappa shape index (κ3) is 48.3. The average molecular weight is 1150 g/mol. The number of rotatable bonds is 59. The predicted molar refractivity (Wildman–Crippen MR) is 343 cm³/mol. The van der Waals surface area contributed by atoms with E-state index in [0.717, 1.165) is 77.0 Å². The van der Waals surface area contributed by atoms with Crippen LogP contribution in [0, 0.1) is 0 Å². The summed E-state index contributed by atoms with van der Waals surface area (Å²) in [6.45, 7) is 4.27. The maximum atomic E-state index is 13.1. The second-order valence-corrected chi connectivity index (χ2v) is 23.5. The van der Waals surface area contributed by atoms with Crippen LogP contribution >= 0.6 is 0 Å². The smallest absolute Gasteiger partial charge is 0.305 e. The molecule has 0 aliphatic carbocycles. The van der Waals surface area contributed by atoms with Crippen molar-refractivity contribution in [3.63, 3.8) is 0 Å². The minimum absolute atomic E-state index is 0.00891. The Morgan fingerprint density at radius 2 is 0.841 bits per heavy atom. The fraction of sp³-hybridized carbons (Fsp3) is 0.803. The number of esters is 1. The van der Waals surface area contributed by atoms with Gasteiger partial charge in [-0.1, -0.05) is 254 Å². The topological polar surface area (TPSA) is 175 Å². The molecule has 1 aliphatic heterocycles. The van der Waals surface area contributed by atoms with Gasteiger partial charge < -0.3 is 45.1 Å². The van der Waals surface area contributed by atoms with Gasteiger partial charge in [-0.2, -0.15) is 0 Å². The molecule has 0 radical (unpaired) electrons. The molecule has 1 fully saturated rings. The summed E-state index contributed by atoms with van der Waals surface area (Å²) in [7, 11) is 0. The van der Waals surface area contributed by atoms with E-state index < -0.39 is 49.5 Å². The van der Waals surface area contributed by atoms with Gasteiger partial charge in [0, 0.05) is 12.8 Å². The summed E-state index contributed by atoms with van der Waals surface area (Å²) in [5.41, 5.74) is 0. The molecule has 0 aromatic rings. The molecule has 0 bridgehead atoms. The van der Waals surface area contributed by atoms with Crippen molar-refractivity contribution in [1.82, 2.24) is 5.32 Å². The molecule has 11 heteroatoms. The maximum Gasteiger partial charge on any atom is 0.305 e. The fourth-order valence-corrected chi connectivity index (χ4v) is 10.3. The molecule has 7 atom stereocenters. The zero-order valence-corrected chi connectivity index (χ0v) is 52.7. The van der Waals surface area contributed by atoms with Crippen LogP contribution in [0.25, 0.3) is 0 Å². The number of aliphatic hydroxyl groups excluding tert-OH is 5. The lowest BCUT2D eigenvalue weighted by Crippen LogP contribution is -2.60. The third-order valence-corrected chi connectivity index (χ3v) is 15.7. The first-order valence-corrected chi connectivity index (χ1v) is 34.2. The maximum absolute atomic E-state index is 13.1. The van der Waals surface area contributed by atoms with Gasteiger partial charge in [-0.15, -0.1) is 0 Å². The van der Waals surface area contributed by atoms with E-state index in [2.05, 4.69) is 79.9 Å². The average Bonchev–Trinajstić information content (AvgIpc) is 3.48. The molecular weight excluding hydrogens is 1030 g/mol. The SMILES string of the molecule is CCCC/C=C\CCCCCCCC(=O)OCCCCCCCCCCC/C=C\C/C=C\CCCCCCCCCCCCCCCC(=O)NC(COC1OC(CO)C(O)C(O)C1O)C(O)/C=C/CC/C=C/CC/C=C/CCCCCC. The highest BCUT2D eigenvalue weighted by Crippen LogP contribution is 2.23. The van der Waals surface area contributed by atoms with Gasteiger partial charge in [0.15, 0.2) is 6.29 Å². The van der Waals surface area contributed by atoms with Crippen molar-refractivity contribution in [3.8, 4) is 0 Å². The number of unbranched alkanes of at least 4 members (excludes halogenated alkanes) is 35. The third-order valence-electron chi connectivity index (χ3n) is 15.7. The number of aliphatic hydroxyl groups is 5. The highest BCUT2D eigenvalue weighted by molar-refractivity contribution is 5.76. The van der Waals surface area contributed by atoms with Crippen LogP contribution in [0.1, 0.15) is 303 Å². The van der Waals surface area contributed by atoms with Crippen molar-refractivity contribution >= 4 is 11.9 Å². The highest BCUT2D eigenvalue weighted by Gasteiger charge is 2.44. The molecule has 0 aromatic carbocycles. The number of carbonyl (C=O) groups is 2. The number of ether oxygens (including phenoxy) is 3. The number of allylic oxidation sites excluding steroid dienone is 11. The Labute approximate surface area is 502 Å². The molecule has 0 saturated carbocycles. The lowest BCUT2D eigenvalue weighted by molar-refractivity contribution is -0.302. The highest BCUT2D eigenvalue weighted by atomic mass is 16.7. The Kier molecular flexibility index (Phi) is 56.2. The lowest BCUT2D eigenvalue weighted by Gasteiger charge is -2.40. The van der Waals surface area contributed by atoms with Gasteiger partial charge >= 0.3 is 5.97 Å². The molecule has 0 aromatic heterocycles. The van der Waals surface area contributed by atoms with E-state index >= 15 is 0 Å². The molecule has 0 spiro atoms. The van der Waals surface area contributed by atoms with Crippen molar-refractivity contribution in [2.24, 2.45) is 0 Å². The van der Waals surface area contributed by atoms with Gasteiger partial charge in [-0.25, -0.2) is 0 Å². The molecule has 1 heterocycles. The van der Waals surface area contributed by atoms with Crippen LogP contribution in [0.3, 0.4) is 0 Å². The number of amides is 1. The first-order chi connectivity index (χ1) is 40.2. The number of hydrogen-bond acceptors (Lipinski definition) is 10. The Morgan fingerprint density at radius 3 is 1.32 bits per heavy atom. The standard InChI is InChI=1S/C71H127NO10/c1-3-5-7-9-11-13-15-16-34-38-41-45-49-53-57-64(74)63(62-81-71-70(79)69(78)68(77)65(61-73)82-71)72-66(75)58-54-50-46-42-39-35-32-30-28-26-24-22-20-18-17-19-21-23-25-27-29-31-33-36-40-44-48-52-56-60-80-67(76)59-55-51-47-43-37-14-12-10-8-6-4-2/h10,12-13,15,17,19,23,25,38,41,53,57,63-65,68-71,73-74,77-79H,3-9,11,14,16,18,20-22,24,26-37,39-40,42-52,54-56,58-62H2,1-2H3,(H,72,75)/b12-10-,15-13+,19-17-,25-23-,41-38+,57-53+. The number of hydrogen-bond donors (Lipinski definition) is 6. The number of carbonyl (C=O) groups excluding carboxylic acids is 2. The molecule has 1 rings (SSSR count). The van der Waals surface area contributed by atoms with Gasteiger partial charge in [0.1, 0.15) is 24.4 Å². The van der Waals surface area contributed by atoms with Gasteiger partial charge in [0.2, 0.25) is 5.91 Å². The molecule has 82 heavy (non-hydrogen) atoms. The Balaban J connectivity index is 2.03. The van der Waals surface area contributed by atoms with E-state index in [1.165, 1.54) is 199 Å². The lowest BCUT2D eigenvalue weighted by atomic mass is 9.99. The quantitative estimate of drug-likeness (QED) is 0.0195. The summed E-state index contributed by atoms with van der Waals surface area (Å²) < 4.78 is 16.7. The summed E-state index contributed by atoms with van der Waals surface area (Å²) >= 11 is 0. The second-order valence-electron chi connectivity index (χ2n) is 23.5. The zero-order valence-electron chi connectivity index (χ0n) is 52.7. The molecule has 7 unspecified atom stereocenters. The van der Waals surface area contributed by atoms with Crippen molar-refractivity contribution < 1.29 is 49.3 Å². The molecular formula is C71H127NO10. The zero-order chi connectivity index (χ0) is 59.5. The monoisotopic (exact) mass is 1150 g/mol. The Bertz CT molecular complexity index is 1590. The van der Waals surface area contributed by atoms with E-state index in [4.69, 9.17) is 14.2 Å². The normalized spacial score (nSPS) is 18.6. The van der Waals surface area contributed by atoms with E-state index in [-0.39, 0.29) is 18.5 Å². The van der Waals surface area contributed by atoms with Crippen LogP contribution < -0.4 is 5.32 Å². The minimum Gasteiger partial charge on any atom is -0.466 e. The largest absolute Gasteiger partial charge is 0.466 e. The van der Waals surface area contributed by atoms with Crippen LogP contribution in [0.4, 0.5) is 0 Å². The molecule has 1 saturated heterocycles. The van der Waals surface area contributed by atoms with Crippen LogP contribution in [0.5, 0.6) is 0 Å². The van der Waals surface area contributed by atoms with E-state index in [1.54, 1.807) is 6.08 Å². The van der Waals surface area contributed by atoms with E-state index in [9.17, 15) is 35.1 Å². The summed E-state index contributed by atoms with van der Waals surface area (Å²) in [6.07, 6.45) is 70.2. The van der Waals surface area contributed by atoms with Gasteiger partial charge in [-0.3, -0.25) is 9.59 Å². The Hall–Kier alpha value is -2.90. The van der Waals surface area contributed by atoms with E-state index in [0.29, 0.717) is 19.4 Å². The van der Waals surface area contributed by atoms with Crippen LogP contribution in [-0.2, 0) is 23.8 Å². The molecule has 476 valence electrons. The van der Waals surface area contributed by atoms with Crippen molar-refractivity contribution in [1.29, 1.82) is 0 Å². The second kappa shape index (κ2) is 59.8. The van der Waals surface area contributed by atoms with Crippen LogP contribution in [-0.4, -0.2) is 100 Å². The summed E-state index contributed by atoms with van der Waals surface area (Å²) in [6, 6.07) is -0.837. The fourth-order valence-electron chi connectivity index (χ4n) is 10.3. The summed E-state index contributed by atoms with van der Waals surface area (Å²) in [4.78, 5) is 25.1. The van der Waals surface area contributed by atoms with Crippen molar-refractivity contribution in [2.45, 2.75) is 346 Å². The Morgan fingerprint density at radius 1 is 0.451 bits per heavy atom.